The van der Waals surface area contributed by atoms with Crippen molar-refractivity contribution in [2.45, 2.75) is 20.4 Å². The highest BCUT2D eigenvalue weighted by Crippen LogP contribution is 2.19. The second-order valence-electron chi connectivity index (χ2n) is 6.31. The minimum absolute atomic E-state index is 0.0636. The van der Waals surface area contributed by atoms with Gasteiger partial charge in [0.15, 0.2) is 5.78 Å². The lowest BCUT2D eigenvalue weighted by molar-refractivity contribution is 0.100. The van der Waals surface area contributed by atoms with E-state index in [9.17, 15) is 18.8 Å². The Labute approximate surface area is 154 Å². The molecule has 2 rings (SSSR count). The van der Waals surface area contributed by atoms with Crippen molar-refractivity contribution < 1.29 is 9.18 Å². The van der Waals surface area contributed by atoms with E-state index in [2.05, 4.69) is 5.32 Å². The molecular weight excluding hydrogens is 363 g/mol. The first kappa shape index (κ1) is 19.7. The summed E-state index contributed by atoms with van der Waals surface area (Å²) in [5, 5.41) is 2.83. The molecule has 0 atom stereocenters. The lowest BCUT2D eigenvalue weighted by atomic mass is 10.1. The monoisotopic (exact) mass is 382 g/mol. The summed E-state index contributed by atoms with van der Waals surface area (Å²) in [6, 6.07) is 3.95. The van der Waals surface area contributed by atoms with Crippen LogP contribution in [0.4, 0.5) is 15.9 Å². The number of anilines is 2. The maximum absolute atomic E-state index is 13.8. The van der Waals surface area contributed by atoms with Gasteiger partial charge in [0.2, 0.25) is 0 Å². The van der Waals surface area contributed by atoms with Crippen LogP contribution in [0.25, 0.3) is 0 Å². The number of rotatable bonds is 6. The molecule has 0 saturated heterocycles. The van der Waals surface area contributed by atoms with Crippen molar-refractivity contribution in [2.24, 2.45) is 13.0 Å². The van der Waals surface area contributed by atoms with E-state index in [-0.39, 0.29) is 41.1 Å². The Morgan fingerprint density at radius 3 is 2.58 bits per heavy atom. The van der Waals surface area contributed by atoms with Gasteiger partial charge in [-0.1, -0.05) is 25.4 Å². The summed E-state index contributed by atoms with van der Waals surface area (Å²) in [6.07, 6.45) is 0. The zero-order valence-electron chi connectivity index (χ0n) is 14.7. The number of nitrogen functional groups attached to an aromatic ring is 1. The second-order valence-corrected chi connectivity index (χ2v) is 6.75. The molecule has 0 fully saturated rings. The summed E-state index contributed by atoms with van der Waals surface area (Å²) < 4.78 is 15.8. The molecule has 0 aliphatic rings. The van der Waals surface area contributed by atoms with Crippen LogP contribution in [0.15, 0.2) is 27.8 Å². The van der Waals surface area contributed by atoms with Crippen molar-refractivity contribution >= 4 is 28.9 Å². The van der Waals surface area contributed by atoms with Crippen LogP contribution in [-0.4, -0.2) is 21.5 Å². The van der Waals surface area contributed by atoms with Gasteiger partial charge in [-0.2, -0.15) is 0 Å². The minimum atomic E-state index is -0.782. The number of benzene rings is 1. The Morgan fingerprint density at radius 1 is 1.35 bits per heavy atom. The van der Waals surface area contributed by atoms with Crippen LogP contribution in [0.3, 0.4) is 0 Å². The molecule has 1 aromatic carbocycles. The van der Waals surface area contributed by atoms with Crippen LogP contribution in [0.2, 0.25) is 5.02 Å². The quantitative estimate of drug-likeness (QED) is 0.743. The number of nitrogens with one attached hydrogen (secondary N) is 1. The van der Waals surface area contributed by atoms with Crippen LogP contribution in [0.1, 0.15) is 24.2 Å². The highest BCUT2D eigenvalue weighted by Gasteiger charge is 2.22. The van der Waals surface area contributed by atoms with Crippen molar-refractivity contribution in [3.05, 3.63) is 55.4 Å². The molecule has 2 aromatic rings. The molecule has 9 heteroatoms. The normalized spacial score (nSPS) is 11.0. The van der Waals surface area contributed by atoms with Crippen LogP contribution < -0.4 is 22.3 Å². The second kappa shape index (κ2) is 7.74. The fourth-order valence-corrected chi connectivity index (χ4v) is 2.64. The average molecular weight is 383 g/mol. The number of hydrogen-bond acceptors (Lipinski definition) is 5. The van der Waals surface area contributed by atoms with Gasteiger partial charge in [-0.3, -0.25) is 18.7 Å². The number of carbonyl (C=O) groups is 1. The fraction of sp³-hybridized carbons (Fsp3) is 0.353. The molecule has 0 unspecified atom stereocenters. The highest BCUT2D eigenvalue weighted by atomic mass is 35.5. The predicted molar refractivity (Wildman–Crippen MR) is 99.4 cm³/mol. The largest absolute Gasteiger partial charge is 0.384 e. The molecule has 0 saturated carbocycles. The molecule has 7 nitrogen and oxygen atoms in total. The van der Waals surface area contributed by atoms with Crippen molar-refractivity contribution in [2.75, 3.05) is 17.6 Å². The maximum Gasteiger partial charge on any atom is 0.332 e. The molecular formula is C17H20ClFN4O3. The first-order valence-corrected chi connectivity index (χ1v) is 8.32. The molecule has 26 heavy (non-hydrogen) atoms. The Bertz CT molecular complexity index is 966. The van der Waals surface area contributed by atoms with Gasteiger partial charge >= 0.3 is 5.69 Å². The smallest absolute Gasteiger partial charge is 0.332 e. The molecule has 0 aliphatic carbocycles. The van der Waals surface area contributed by atoms with E-state index in [0.29, 0.717) is 0 Å². The highest BCUT2D eigenvalue weighted by molar-refractivity contribution is 6.30. The summed E-state index contributed by atoms with van der Waals surface area (Å²) in [5.74, 6) is -1.38. The van der Waals surface area contributed by atoms with E-state index in [1.165, 1.54) is 23.7 Å². The third-order valence-corrected chi connectivity index (χ3v) is 4.02. The van der Waals surface area contributed by atoms with Crippen molar-refractivity contribution in [3.8, 4) is 0 Å². The van der Waals surface area contributed by atoms with Crippen molar-refractivity contribution in [1.82, 2.24) is 9.13 Å². The van der Waals surface area contributed by atoms with Crippen LogP contribution in [0.5, 0.6) is 0 Å². The van der Waals surface area contributed by atoms with Gasteiger partial charge in [0.25, 0.3) is 5.56 Å². The lowest BCUT2D eigenvalue weighted by Crippen LogP contribution is -2.43. The van der Waals surface area contributed by atoms with Gasteiger partial charge in [-0.05, 0) is 24.1 Å². The lowest BCUT2D eigenvalue weighted by Gasteiger charge is -2.16. The summed E-state index contributed by atoms with van der Waals surface area (Å²) in [6.45, 7) is 3.66. The van der Waals surface area contributed by atoms with E-state index >= 15 is 0 Å². The topological polar surface area (TPSA) is 99.1 Å². The summed E-state index contributed by atoms with van der Waals surface area (Å²) in [5.41, 5.74) is 4.33. The SMILES string of the molecule is CC(C)Cn1c(N)c(C(=O)CNc2ccc(Cl)cc2F)c(=O)n(C)c1=O. The standard InChI is InChI=1S/C17H20ClFN4O3/c1-9(2)8-23-15(20)14(16(25)22(3)17(23)26)13(24)7-21-12-5-4-10(18)6-11(12)19/h4-6,9,21H,7-8,20H2,1-3H3. The van der Waals surface area contributed by atoms with Gasteiger partial charge < -0.3 is 11.1 Å². The molecule has 1 heterocycles. The average Bonchev–Trinajstić information content (AvgIpc) is 2.56. The number of carbonyl (C=O) groups excluding carboxylic acids is 1. The molecule has 0 aliphatic heterocycles. The summed E-state index contributed by atoms with van der Waals surface area (Å²) >= 11 is 5.68. The number of nitrogens with two attached hydrogens (primary N) is 1. The van der Waals surface area contributed by atoms with E-state index < -0.39 is 22.8 Å². The molecule has 0 amide bonds. The van der Waals surface area contributed by atoms with Crippen molar-refractivity contribution in [1.29, 1.82) is 0 Å². The minimum Gasteiger partial charge on any atom is -0.384 e. The molecule has 1 aromatic heterocycles. The number of nitrogens with zero attached hydrogens (tertiary/aromatic N) is 2. The number of aromatic nitrogens is 2. The van der Waals surface area contributed by atoms with Crippen LogP contribution >= 0.6 is 11.6 Å². The zero-order valence-corrected chi connectivity index (χ0v) is 15.4. The van der Waals surface area contributed by atoms with Gasteiger partial charge in [0.05, 0.1) is 12.2 Å². The van der Waals surface area contributed by atoms with Gasteiger partial charge in [0.1, 0.15) is 17.2 Å². The Kier molecular flexibility index (Phi) is 5.86. The summed E-state index contributed by atoms with van der Waals surface area (Å²) in [7, 11) is 1.28. The Hall–Kier alpha value is -2.61. The third kappa shape index (κ3) is 3.96. The molecule has 140 valence electrons. The Balaban J connectivity index is 2.38. The molecule has 0 spiro atoms. The van der Waals surface area contributed by atoms with Gasteiger partial charge in [-0.25, -0.2) is 9.18 Å². The van der Waals surface area contributed by atoms with Crippen LogP contribution in [0, 0.1) is 11.7 Å². The fourth-order valence-electron chi connectivity index (χ4n) is 2.48. The molecule has 0 radical (unpaired) electrons. The molecule has 3 N–H and O–H groups in total. The van der Waals surface area contributed by atoms with Crippen molar-refractivity contribution in [3.63, 3.8) is 0 Å². The Morgan fingerprint density at radius 2 is 2.00 bits per heavy atom. The zero-order chi connectivity index (χ0) is 19.6. The van der Waals surface area contributed by atoms with E-state index in [1.807, 2.05) is 13.8 Å². The third-order valence-electron chi connectivity index (χ3n) is 3.78. The first-order valence-electron chi connectivity index (χ1n) is 7.94. The first-order chi connectivity index (χ1) is 12.1. The molecule has 0 bridgehead atoms. The maximum atomic E-state index is 13.8. The number of Topliss-reactive ketones (excluding diaryl/α,β-unsaturated/α-hetero) is 1. The van der Waals surface area contributed by atoms with E-state index in [1.54, 1.807) is 0 Å². The number of hydrogen-bond donors (Lipinski definition) is 2. The predicted octanol–water partition coefficient (Wildman–Crippen LogP) is 1.87. The number of ketones is 1. The van der Waals surface area contributed by atoms with Gasteiger partial charge in [-0.15, -0.1) is 0 Å². The van der Waals surface area contributed by atoms with E-state index in [0.717, 1.165) is 10.6 Å². The van der Waals surface area contributed by atoms with E-state index in [4.69, 9.17) is 17.3 Å². The summed E-state index contributed by atoms with van der Waals surface area (Å²) in [4.78, 5) is 37.1. The number of halogens is 2. The van der Waals surface area contributed by atoms with Gasteiger partial charge in [0, 0.05) is 18.6 Å². The van der Waals surface area contributed by atoms with Crippen LogP contribution in [-0.2, 0) is 13.6 Å².